The van der Waals surface area contributed by atoms with E-state index in [0.717, 1.165) is 5.56 Å². The number of benzene rings is 1. The highest BCUT2D eigenvalue weighted by Crippen LogP contribution is 2.21. The van der Waals surface area contributed by atoms with Gasteiger partial charge in [-0.05, 0) is 45.4 Å². The van der Waals surface area contributed by atoms with Crippen molar-refractivity contribution >= 4 is 24.0 Å². The zero-order valence-corrected chi connectivity index (χ0v) is 16.0. The summed E-state index contributed by atoms with van der Waals surface area (Å²) >= 11 is 0. The molecule has 0 unspecified atom stereocenters. The van der Waals surface area contributed by atoms with Gasteiger partial charge in [-0.3, -0.25) is 4.99 Å². The molecule has 2 N–H and O–H groups in total. The number of carbonyl (C=O) groups is 2. The summed E-state index contributed by atoms with van der Waals surface area (Å²) in [5, 5.41) is 0. The van der Waals surface area contributed by atoms with Crippen LogP contribution in [-0.2, 0) is 9.47 Å². The van der Waals surface area contributed by atoms with Crippen molar-refractivity contribution in [3.05, 3.63) is 28.8 Å². The number of likely N-dealkylation sites (tertiary alicyclic amines) is 1. The minimum Gasteiger partial charge on any atom is -0.465 e. The summed E-state index contributed by atoms with van der Waals surface area (Å²) in [6.45, 7) is 9.19. The Morgan fingerprint density at radius 2 is 2.00 bits per heavy atom. The van der Waals surface area contributed by atoms with Crippen molar-refractivity contribution in [3.63, 3.8) is 0 Å². The van der Waals surface area contributed by atoms with Crippen LogP contribution >= 0.6 is 0 Å². The number of aliphatic imine (C=N–C) groups is 1. The summed E-state index contributed by atoms with van der Waals surface area (Å²) in [5.41, 5.74) is 7.99. The van der Waals surface area contributed by atoms with E-state index in [9.17, 15) is 9.59 Å². The predicted molar refractivity (Wildman–Crippen MR) is 101 cm³/mol. The first-order valence-electron chi connectivity index (χ1n) is 8.57. The van der Waals surface area contributed by atoms with Gasteiger partial charge in [0.2, 0.25) is 0 Å². The van der Waals surface area contributed by atoms with Crippen molar-refractivity contribution in [1.29, 1.82) is 0 Å². The molecule has 1 aromatic rings. The van der Waals surface area contributed by atoms with Crippen molar-refractivity contribution in [2.24, 2.45) is 10.9 Å². The molecule has 0 spiro atoms. The average molecular weight is 361 g/mol. The van der Waals surface area contributed by atoms with Crippen LogP contribution in [-0.4, -0.2) is 55.5 Å². The fourth-order valence-electron chi connectivity index (χ4n) is 2.65. The van der Waals surface area contributed by atoms with Crippen LogP contribution in [0.5, 0.6) is 0 Å². The summed E-state index contributed by atoms with van der Waals surface area (Å²) in [6.07, 6.45) is 1.38. The van der Waals surface area contributed by atoms with E-state index in [4.69, 9.17) is 15.2 Å². The van der Waals surface area contributed by atoms with Crippen LogP contribution in [0, 0.1) is 12.8 Å². The molecule has 1 aliphatic heterocycles. The van der Waals surface area contributed by atoms with Crippen LogP contribution in [0.1, 0.15) is 42.3 Å². The molecule has 1 heterocycles. The van der Waals surface area contributed by atoms with E-state index in [-0.39, 0.29) is 6.09 Å². The Bertz CT molecular complexity index is 716. The van der Waals surface area contributed by atoms with Gasteiger partial charge in [0.25, 0.3) is 0 Å². The third kappa shape index (κ3) is 4.97. The van der Waals surface area contributed by atoms with Gasteiger partial charge in [-0.2, -0.15) is 0 Å². The Morgan fingerprint density at radius 1 is 1.35 bits per heavy atom. The van der Waals surface area contributed by atoms with Gasteiger partial charge >= 0.3 is 12.1 Å². The van der Waals surface area contributed by atoms with Gasteiger partial charge in [-0.1, -0.05) is 0 Å². The van der Waals surface area contributed by atoms with E-state index < -0.39 is 11.6 Å². The lowest BCUT2D eigenvalue weighted by atomic mass is 10.0. The number of hydrogen-bond donors (Lipinski definition) is 1. The van der Waals surface area contributed by atoms with Crippen LogP contribution in [0.15, 0.2) is 17.1 Å². The zero-order chi connectivity index (χ0) is 19.5. The topological polar surface area (TPSA) is 94.2 Å². The second-order valence-corrected chi connectivity index (χ2v) is 7.53. The molecule has 1 aliphatic rings. The monoisotopic (exact) mass is 361 g/mol. The summed E-state index contributed by atoms with van der Waals surface area (Å²) in [7, 11) is 1.35. The standard InChI is InChI=1S/C19H27N3O4/c1-12-6-16(20)14(7-15(12)17(23)25-5)9-21-8-13-10-22(11-13)18(24)26-19(2,3)4/h6-7,9,13H,8,10-11,20H2,1-5H3. The Hall–Kier alpha value is -2.57. The maximum atomic E-state index is 11.9. The fourth-order valence-corrected chi connectivity index (χ4v) is 2.65. The first kappa shape index (κ1) is 19.8. The van der Waals surface area contributed by atoms with Crippen molar-refractivity contribution < 1.29 is 19.1 Å². The summed E-state index contributed by atoms with van der Waals surface area (Å²) in [4.78, 5) is 29.8. The number of amides is 1. The minimum atomic E-state index is -0.485. The highest BCUT2D eigenvalue weighted by molar-refractivity contribution is 5.96. The Balaban J connectivity index is 1.90. The highest BCUT2D eigenvalue weighted by Gasteiger charge is 2.33. The number of ether oxygens (including phenoxy) is 2. The van der Waals surface area contributed by atoms with Gasteiger partial charge in [0.15, 0.2) is 0 Å². The number of methoxy groups -OCH3 is 1. The van der Waals surface area contributed by atoms with Crippen molar-refractivity contribution in [1.82, 2.24) is 4.90 Å². The number of aryl methyl sites for hydroxylation is 1. The largest absolute Gasteiger partial charge is 0.465 e. The third-order valence-corrected chi connectivity index (χ3v) is 4.04. The maximum Gasteiger partial charge on any atom is 0.410 e. The molecular weight excluding hydrogens is 334 g/mol. The van der Waals surface area contributed by atoms with Crippen molar-refractivity contribution in [2.45, 2.75) is 33.3 Å². The van der Waals surface area contributed by atoms with Crippen LogP contribution < -0.4 is 5.73 Å². The smallest absolute Gasteiger partial charge is 0.410 e. The lowest BCUT2D eigenvalue weighted by Gasteiger charge is -2.39. The molecule has 0 aliphatic carbocycles. The number of nitrogens with zero attached hydrogens (tertiary/aromatic N) is 2. The van der Waals surface area contributed by atoms with Crippen LogP contribution in [0.4, 0.5) is 10.5 Å². The molecule has 142 valence electrons. The first-order chi connectivity index (χ1) is 12.1. The molecule has 1 aromatic carbocycles. The summed E-state index contributed by atoms with van der Waals surface area (Å²) in [6, 6.07) is 3.43. The van der Waals surface area contributed by atoms with Crippen molar-refractivity contribution in [3.8, 4) is 0 Å². The molecule has 1 fully saturated rings. The molecule has 0 aromatic heterocycles. The SMILES string of the molecule is COC(=O)c1cc(C=NCC2CN(C(=O)OC(C)(C)C)C2)c(N)cc1C. The maximum absolute atomic E-state index is 11.9. The first-order valence-corrected chi connectivity index (χ1v) is 8.57. The van der Waals surface area contributed by atoms with Gasteiger partial charge < -0.3 is 20.1 Å². The van der Waals surface area contributed by atoms with Gasteiger partial charge in [0.1, 0.15) is 5.60 Å². The molecular formula is C19H27N3O4. The Kier molecular flexibility index (Phi) is 5.90. The molecule has 1 amide bonds. The van der Waals surface area contributed by atoms with Gasteiger partial charge in [0.05, 0.1) is 12.7 Å². The lowest BCUT2D eigenvalue weighted by molar-refractivity contribution is 0.000404. The number of esters is 1. The second-order valence-electron chi connectivity index (χ2n) is 7.53. The molecule has 7 nitrogen and oxygen atoms in total. The average Bonchev–Trinajstić information content (AvgIpc) is 2.48. The number of nitrogen functional groups attached to an aromatic ring is 1. The molecule has 0 saturated carbocycles. The molecule has 7 heteroatoms. The number of rotatable bonds is 4. The van der Waals surface area contributed by atoms with Gasteiger partial charge in [-0.15, -0.1) is 0 Å². The molecule has 1 saturated heterocycles. The van der Waals surface area contributed by atoms with Crippen LogP contribution in [0.2, 0.25) is 0 Å². The molecule has 0 bridgehead atoms. The minimum absolute atomic E-state index is 0.289. The van der Waals surface area contributed by atoms with Gasteiger partial charge in [0, 0.05) is 43.0 Å². The van der Waals surface area contributed by atoms with Crippen LogP contribution in [0.3, 0.4) is 0 Å². The summed E-state index contributed by atoms with van der Waals surface area (Å²) in [5.74, 6) is -0.102. The lowest BCUT2D eigenvalue weighted by Crippen LogP contribution is -2.52. The van der Waals surface area contributed by atoms with E-state index in [1.807, 2.05) is 27.7 Å². The second kappa shape index (κ2) is 7.76. The van der Waals surface area contributed by atoms with Gasteiger partial charge in [-0.25, -0.2) is 9.59 Å². The predicted octanol–water partition coefficient (Wildman–Crippen LogP) is 2.65. The van der Waals surface area contributed by atoms with Crippen LogP contribution in [0.25, 0.3) is 0 Å². The highest BCUT2D eigenvalue weighted by atomic mass is 16.6. The molecule has 0 atom stereocenters. The molecule has 0 radical (unpaired) electrons. The van der Waals surface area contributed by atoms with E-state index >= 15 is 0 Å². The van der Waals surface area contributed by atoms with E-state index in [1.165, 1.54) is 7.11 Å². The zero-order valence-electron chi connectivity index (χ0n) is 16.0. The number of anilines is 1. The normalized spacial score (nSPS) is 15.0. The third-order valence-electron chi connectivity index (χ3n) is 4.04. The molecule has 2 rings (SSSR count). The van der Waals surface area contributed by atoms with E-state index in [1.54, 1.807) is 23.2 Å². The molecule has 26 heavy (non-hydrogen) atoms. The fraction of sp³-hybridized carbons (Fsp3) is 0.526. The summed E-state index contributed by atoms with van der Waals surface area (Å²) < 4.78 is 10.1. The quantitative estimate of drug-likeness (QED) is 0.505. The van der Waals surface area contributed by atoms with E-state index in [2.05, 4.69) is 4.99 Å². The number of hydrogen-bond acceptors (Lipinski definition) is 6. The Labute approximate surface area is 154 Å². The Morgan fingerprint density at radius 3 is 2.58 bits per heavy atom. The van der Waals surface area contributed by atoms with E-state index in [0.29, 0.717) is 42.4 Å². The number of carbonyl (C=O) groups excluding carboxylic acids is 2. The van der Waals surface area contributed by atoms with Crippen molar-refractivity contribution in [2.75, 3.05) is 32.5 Å². The number of nitrogens with two attached hydrogens (primary N) is 1.